The Hall–Kier alpha value is -2.46. The highest BCUT2D eigenvalue weighted by Crippen LogP contribution is 2.36. The van der Waals surface area contributed by atoms with Crippen molar-refractivity contribution >= 4 is 5.70 Å². The fourth-order valence-electron chi connectivity index (χ4n) is 3.36. The summed E-state index contributed by atoms with van der Waals surface area (Å²) in [6.45, 7) is 15.3. The Kier molecular flexibility index (Phi) is 6.70. The Balaban J connectivity index is 0.00000117. The summed E-state index contributed by atoms with van der Waals surface area (Å²) >= 11 is 0. The quantitative estimate of drug-likeness (QED) is 0.834. The maximum atomic E-state index is 4.05. The molecule has 0 saturated heterocycles. The lowest BCUT2D eigenvalue weighted by Gasteiger charge is -2.30. The molecule has 0 fully saturated rings. The molecule has 4 nitrogen and oxygen atoms in total. The van der Waals surface area contributed by atoms with E-state index < -0.39 is 0 Å². The third kappa shape index (κ3) is 3.56. The summed E-state index contributed by atoms with van der Waals surface area (Å²) in [5.41, 5.74) is 13.8. The highest BCUT2D eigenvalue weighted by Gasteiger charge is 2.31. The van der Waals surface area contributed by atoms with Gasteiger partial charge in [-0.1, -0.05) is 56.8 Å². The van der Waals surface area contributed by atoms with Gasteiger partial charge in [0.1, 0.15) is 0 Å². The van der Waals surface area contributed by atoms with Crippen LogP contribution in [0.3, 0.4) is 0 Å². The van der Waals surface area contributed by atoms with Crippen LogP contribution in [0.15, 0.2) is 66.0 Å². The molecule has 0 saturated carbocycles. The molecule has 2 aliphatic heterocycles. The molecular weight excluding hydrogens is 320 g/mol. The summed E-state index contributed by atoms with van der Waals surface area (Å²) < 4.78 is 0. The lowest BCUT2D eigenvalue weighted by molar-refractivity contribution is 0.235. The standard InChI is InChI=1S/C20H26N4.C2H6/c1-6-10-17-18(7-2)23(5)13-15-11-8-9-12-16(15)20-19(17)21-22-24(20)14(3)4;1-2/h6-12,14,21-22H,2,13H2,1,3-5H3;1-2H3/b10-6-,18-17-;. The van der Waals surface area contributed by atoms with Crippen molar-refractivity contribution in [2.45, 2.75) is 47.2 Å². The normalized spacial score (nSPS) is 19.5. The van der Waals surface area contributed by atoms with E-state index in [1.54, 1.807) is 0 Å². The fraction of sp³-hybridized carbons (Fsp3) is 0.364. The van der Waals surface area contributed by atoms with Gasteiger partial charge in [-0.15, -0.1) is 5.53 Å². The first kappa shape index (κ1) is 19.9. The topological polar surface area (TPSA) is 30.5 Å². The van der Waals surface area contributed by atoms with Gasteiger partial charge < -0.3 is 10.3 Å². The third-order valence-electron chi connectivity index (χ3n) is 4.46. The number of rotatable bonds is 3. The smallest absolute Gasteiger partial charge is 0.0868 e. The molecule has 1 aromatic rings. The average molecular weight is 353 g/mol. The van der Waals surface area contributed by atoms with Gasteiger partial charge in [-0.2, -0.15) is 0 Å². The fourth-order valence-corrected chi connectivity index (χ4v) is 3.36. The molecule has 0 aromatic heterocycles. The highest BCUT2D eigenvalue weighted by molar-refractivity contribution is 5.76. The monoisotopic (exact) mass is 352 g/mol. The van der Waals surface area contributed by atoms with Crippen LogP contribution in [0.4, 0.5) is 0 Å². The molecule has 0 atom stereocenters. The molecule has 0 spiro atoms. The van der Waals surface area contributed by atoms with Crippen LogP contribution in [0.2, 0.25) is 0 Å². The van der Waals surface area contributed by atoms with Gasteiger partial charge >= 0.3 is 0 Å². The van der Waals surface area contributed by atoms with Crippen molar-refractivity contribution in [3.8, 4) is 0 Å². The molecule has 0 bridgehead atoms. The lowest BCUT2D eigenvalue weighted by Crippen LogP contribution is -2.42. The van der Waals surface area contributed by atoms with Crippen molar-refractivity contribution in [1.29, 1.82) is 0 Å². The molecule has 2 aliphatic rings. The second-order valence-corrected chi connectivity index (χ2v) is 6.44. The van der Waals surface area contributed by atoms with Crippen LogP contribution in [-0.4, -0.2) is 23.0 Å². The van der Waals surface area contributed by atoms with E-state index in [4.69, 9.17) is 0 Å². The van der Waals surface area contributed by atoms with E-state index in [2.05, 4.69) is 84.8 Å². The number of nitrogens with one attached hydrogen (secondary N) is 2. The van der Waals surface area contributed by atoms with Gasteiger partial charge in [-0.25, -0.2) is 0 Å². The summed E-state index contributed by atoms with van der Waals surface area (Å²) in [6.07, 6.45) is 6.16. The Labute approximate surface area is 158 Å². The first-order chi connectivity index (χ1) is 12.6. The van der Waals surface area contributed by atoms with Crippen LogP contribution >= 0.6 is 0 Å². The number of hydrogen-bond acceptors (Lipinski definition) is 4. The minimum absolute atomic E-state index is 0.328. The van der Waals surface area contributed by atoms with Crippen LogP contribution in [0.25, 0.3) is 5.70 Å². The molecule has 2 heterocycles. The first-order valence-electron chi connectivity index (χ1n) is 9.42. The van der Waals surface area contributed by atoms with Crippen molar-refractivity contribution in [2.24, 2.45) is 0 Å². The summed E-state index contributed by atoms with van der Waals surface area (Å²) in [4.78, 5) is 2.25. The number of hydrogen-bond donors (Lipinski definition) is 2. The Morgan fingerprint density at radius 2 is 1.88 bits per heavy atom. The number of likely N-dealkylation sites (N-methyl/N-ethyl adjacent to an activating group) is 1. The summed E-state index contributed by atoms with van der Waals surface area (Å²) in [7, 11) is 2.12. The van der Waals surface area contributed by atoms with E-state index in [0.717, 1.165) is 23.5 Å². The molecule has 2 N–H and O–H groups in total. The number of allylic oxidation sites excluding steroid dienone is 3. The van der Waals surface area contributed by atoms with E-state index in [1.165, 1.54) is 16.8 Å². The second kappa shape index (κ2) is 8.77. The van der Waals surface area contributed by atoms with Crippen LogP contribution in [0.1, 0.15) is 45.7 Å². The van der Waals surface area contributed by atoms with Gasteiger partial charge in [0.05, 0.1) is 11.4 Å². The van der Waals surface area contributed by atoms with Gasteiger partial charge in [-0.05, 0) is 32.4 Å². The van der Waals surface area contributed by atoms with E-state index in [9.17, 15) is 0 Å². The zero-order chi connectivity index (χ0) is 19.3. The zero-order valence-corrected chi connectivity index (χ0v) is 16.9. The lowest BCUT2D eigenvalue weighted by atomic mass is 9.95. The van der Waals surface area contributed by atoms with E-state index >= 15 is 0 Å². The van der Waals surface area contributed by atoms with Gasteiger partial charge in [0.15, 0.2) is 0 Å². The van der Waals surface area contributed by atoms with Crippen LogP contribution in [0, 0.1) is 0 Å². The Morgan fingerprint density at radius 1 is 1.19 bits per heavy atom. The Bertz CT molecular complexity index is 740. The zero-order valence-electron chi connectivity index (χ0n) is 16.9. The van der Waals surface area contributed by atoms with Crippen LogP contribution < -0.4 is 11.0 Å². The predicted octanol–water partition coefficient (Wildman–Crippen LogP) is 4.58. The van der Waals surface area contributed by atoms with E-state index in [0.29, 0.717) is 6.04 Å². The Morgan fingerprint density at radius 3 is 2.50 bits per heavy atom. The molecular formula is C22H32N4. The molecule has 3 rings (SSSR count). The molecule has 0 unspecified atom stereocenters. The van der Waals surface area contributed by atoms with Gasteiger partial charge in [0.25, 0.3) is 0 Å². The summed E-state index contributed by atoms with van der Waals surface area (Å²) in [5.74, 6) is 0. The van der Waals surface area contributed by atoms with Gasteiger partial charge in [0, 0.05) is 36.5 Å². The SMILES string of the molecule is C=C/C1=C(\C=C/C)C2=C(c3ccccc3CN1C)N(C(C)C)NN2.CC. The molecule has 0 amide bonds. The van der Waals surface area contributed by atoms with E-state index in [-0.39, 0.29) is 0 Å². The number of nitrogens with zero attached hydrogens (tertiary/aromatic N) is 2. The van der Waals surface area contributed by atoms with Gasteiger partial charge in [-0.3, -0.25) is 5.01 Å². The predicted molar refractivity (Wildman–Crippen MR) is 111 cm³/mol. The average Bonchev–Trinajstić information content (AvgIpc) is 3.07. The molecule has 4 heteroatoms. The minimum Gasteiger partial charge on any atom is -0.370 e. The van der Waals surface area contributed by atoms with Gasteiger partial charge in [0.2, 0.25) is 0 Å². The summed E-state index contributed by atoms with van der Waals surface area (Å²) in [6, 6.07) is 8.95. The highest BCUT2D eigenvalue weighted by atomic mass is 15.7. The summed E-state index contributed by atoms with van der Waals surface area (Å²) in [5, 5.41) is 2.20. The molecule has 0 radical (unpaired) electrons. The molecule has 140 valence electrons. The molecule has 0 aliphatic carbocycles. The number of hydrazine groups is 2. The van der Waals surface area contributed by atoms with Crippen LogP contribution in [-0.2, 0) is 6.54 Å². The van der Waals surface area contributed by atoms with Crippen molar-refractivity contribution < 1.29 is 0 Å². The largest absolute Gasteiger partial charge is 0.370 e. The number of benzene rings is 1. The number of fused-ring (bicyclic) bond motifs is 2. The van der Waals surface area contributed by atoms with Crippen LogP contribution in [0.5, 0.6) is 0 Å². The van der Waals surface area contributed by atoms with Crippen molar-refractivity contribution in [3.63, 3.8) is 0 Å². The van der Waals surface area contributed by atoms with Crippen molar-refractivity contribution in [2.75, 3.05) is 7.05 Å². The maximum Gasteiger partial charge on any atom is 0.0868 e. The second-order valence-electron chi connectivity index (χ2n) is 6.44. The first-order valence-corrected chi connectivity index (χ1v) is 9.42. The van der Waals surface area contributed by atoms with Crippen molar-refractivity contribution in [3.05, 3.63) is 77.2 Å². The van der Waals surface area contributed by atoms with Crippen molar-refractivity contribution in [1.82, 2.24) is 20.9 Å². The molecule has 26 heavy (non-hydrogen) atoms. The maximum absolute atomic E-state index is 4.05. The molecule has 1 aromatic carbocycles. The third-order valence-corrected chi connectivity index (χ3v) is 4.46. The minimum atomic E-state index is 0.328. The van der Waals surface area contributed by atoms with E-state index in [1.807, 2.05) is 26.8 Å².